The lowest BCUT2D eigenvalue weighted by atomic mass is 10.1. The maximum atomic E-state index is 12.2. The van der Waals surface area contributed by atoms with Crippen LogP contribution in [0.1, 0.15) is 21.5 Å². The van der Waals surface area contributed by atoms with E-state index in [1.165, 1.54) is 24.5 Å². The number of nitro groups is 1. The normalized spacial score (nSPS) is 11.5. The third kappa shape index (κ3) is 4.76. The van der Waals surface area contributed by atoms with Crippen LogP contribution in [0.25, 0.3) is 0 Å². The van der Waals surface area contributed by atoms with Crippen LogP contribution in [0.5, 0.6) is 0 Å². The zero-order valence-electron chi connectivity index (χ0n) is 15.0. The van der Waals surface area contributed by atoms with Crippen molar-refractivity contribution in [2.24, 2.45) is 0 Å². The Bertz CT molecular complexity index is 941. The first-order valence-corrected chi connectivity index (χ1v) is 9.42. The molecule has 1 atom stereocenters. The van der Waals surface area contributed by atoms with E-state index < -0.39 is 34.2 Å². The van der Waals surface area contributed by atoms with Gasteiger partial charge in [0.15, 0.2) is 6.61 Å². The maximum Gasteiger partial charge on any atom is 0.339 e. The average molecular weight is 390 g/mol. The molecule has 0 saturated carbocycles. The fraction of sp³-hybridized carbons (Fsp3) is 0.222. The van der Waals surface area contributed by atoms with Crippen LogP contribution in [0, 0.1) is 24.0 Å². The molecule has 8 nitrogen and oxygen atoms in total. The highest BCUT2D eigenvalue weighted by Gasteiger charge is 2.21. The molecule has 142 valence electrons. The van der Waals surface area contributed by atoms with E-state index in [1.54, 1.807) is 32.0 Å². The maximum absolute atomic E-state index is 12.2. The van der Waals surface area contributed by atoms with Crippen molar-refractivity contribution in [1.82, 2.24) is 0 Å². The summed E-state index contributed by atoms with van der Waals surface area (Å²) < 4.78 is 16.6. The van der Waals surface area contributed by atoms with Gasteiger partial charge in [-0.3, -0.25) is 19.1 Å². The Balaban J connectivity index is 2.12. The number of esters is 1. The van der Waals surface area contributed by atoms with Crippen molar-refractivity contribution < 1.29 is 23.5 Å². The van der Waals surface area contributed by atoms with Gasteiger partial charge in [-0.25, -0.2) is 4.79 Å². The van der Waals surface area contributed by atoms with Crippen molar-refractivity contribution in [2.75, 3.05) is 18.2 Å². The lowest BCUT2D eigenvalue weighted by Crippen LogP contribution is -2.22. The van der Waals surface area contributed by atoms with Gasteiger partial charge in [0.1, 0.15) is 5.69 Å². The molecule has 2 aromatic carbocycles. The summed E-state index contributed by atoms with van der Waals surface area (Å²) in [4.78, 5) is 35.2. The number of ether oxygens (including phenoxy) is 1. The SMILES string of the molecule is Cc1ccc([N+](=O)[O-])c(NC(=O)COC(=O)c2ccccc2[S@@](C)=O)c1C. The Kier molecular flexibility index (Phi) is 6.40. The number of carbonyl (C=O) groups is 2. The second-order valence-electron chi connectivity index (χ2n) is 5.73. The number of benzene rings is 2. The van der Waals surface area contributed by atoms with E-state index in [2.05, 4.69) is 5.32 Å². The summed E-state index contributed by atoms with van der Waals surface area (Å²) in [6, 6.07) is 9.10. The Morgan fingerprint density at radius 2 is 1.85 bits per heavy atom. The summed E-state index contributed by atoms with van der Waals surface area (Å²) in [6.07, 6.45) is 1.43. The van der Waals surface area contributed by atoms with E-state index in [-0.39, 0.29) is 16.9 Å². The number of anilines is 1. The topological polar surface area (TPSA) is 116 Å². The molecule has 0 bridgehead atoms. The van der Waals surface area contributed by atoms with Crippen LogP contribution in [0.2, 0.25) is 0 Å². The minimum Gasteiger partial charge on any atom is -0.452 e. The van der Waals surface area contributed by atoms with Gasteiger partial charge in [0.25, 0.3) is 11.6 Å². The molecule has 0 unspecified atom stereocenters. The highest BCUT2D eigenvalue weighted by atomic mass is 32.2. The fourth-order valence-corrected chi connectivity index (χ4v) is 3.11. The third-order valence-corrected chi connectivity index (χ3v) is 4.90. The molecule has 0 spiro atoms. The van der Waals surface area contributed by atoms with E-state index in [9.17, 15) is 23.9 Å². The zero-order valence-corrected chi connectivity index (χ0v) is 15.8. The molecule has 0 saturated heterocycles. The highest BCUT2D eigenvalue weighted by Crippen LogP contribution is 2.30. The lowest BCUT2D eigenvalue weighted by Gasteiger charge is -2.12. The van der Waals surface area contributed by atoms with Crippen molar-refractivity contribution >= 4 is 34.1 Å². The number of nitrogens with one attached hydrogen (secondary N) is 1. The van der Waals surface area contributed by atoms with E-state index >= 15 is 0 Å². The number of hydrogen-bond acceptors (Lipinski definition) is 6. The minimum atomic E-state index is -1.40. The molecule has 2 aromatic rings. The molecule has 0 fully saturated rings. The Hall–Kier alpha value is -3.07. The van der Waals surface area contributed by atoms with Gasteiger partial charge < -0.3 is 10.1 Å². The van der Waals surface area contributed by atoms with Gasteiger partial charge in [-0.15, -0.1) is 0 Å². The van der Waals surface area contributed by atoms with Crippen LogP contribution in [0.4, 0.5) is 11.4 Å². The molecular weight excluding hydrogens is 372 g/mol. The zero-order chi connectivity index (χ0) is 20.1. The second-order valence-corrected chi connectivity index (χ2v) is 7.08. The monoisotopic (exact) mass is 390 g/mol. The van der Waals surface area contributed by atoms with Gasteiger partial charge in [-0.05, 0) is 37.1 Å². The Morgan fingerprint density at radius 3 is 2.48 bits per heavy atom. The number of amides is 1. The molecule has 0 aliphatic rings. The van der Waals surface area contributed by atoms with Crippen molar-refractivity contribution in [3.63, 3.8) is 0 Å². The number of rotatable bonds is 6. The van der Waals surface area contributed by atoms with Crippen molar-refractivity contribution in [1.29, 1.82) is 0 Å². The van der Waals surface area contributed by atoms with Crippen LogP contribution in [0.3, 0.4) is 0 Å². The largest absolute Gasteiger partial charge is 0.452 e. The number of aryl methyl sites for hydroxylation is 1. The fourth-order valence-electron chi connectivity index (χ4n) is 2.38. The van der Waals surface area contributed by atoms with Crippen LogP contribution in [-0.2, 0) is 20.3 Å². The number of nitrogens with zero attached hydrogens (tertiary/aromatic N) is 1. The highest BCUT2D eigenvalue weighted by molar-refractivity contribution is 7.84. The van der Waals surface area contributed by atoms with Crippen molar-refractivity contribution in [2.45, 2.75) is 18.7 Å². The molecule has 0 heterocycles. The lowest BCUT2D eigenvalue weighted by molar-refractivity contribution is -0.384. The van der Waals surface area contributed by atoms with Crippen LogP contribution >= 0.6 is 0 Å². The summed E-state index contributed by atoms with van der Waals surface area (Å²) in [6.45, 7) is 2.78. The van der Waals surface area contributed by atoms with Gasteiger partial charge in [0.05, 0.1) is 26.2 Å². The number of carbonyl (C=O) groups excluding carboxylic acids is 2. The molecular formula is C18H18N2O6S. The quantitative estimate of drug-likeness (QED) is 0.461. The smallest absolute Gasteiger partial charge is 0.339 e. The molecule has 27 heavy (non-hydrogen) atoms. The van der Waals surface area contributed by atoms with Crippen molar-refractivity contribution in [3.05, 3.63) is 63.2 Å². The van der Waals surface area contributed by atoms with Gasteiger partial charge in [0, 0.05) is 12.3 Å². The van der Waals surface area contributed by atoms with E-state index in [1.807, 2.05) is 0 Å². The first-order chi connectivity index (χ1) is 12.7. The van der Waals surface area contributed by atoms with Crippen LogP contribution < -0.4 is 5.32 Å². The first-order valence-electron chi connectivity index (χ1n) is 7.86. The molecule has 1 N–H and O–H groups in total. The van der Waals surface area contributed by atoms with E-state index in [0.29, 0.717) is 10.5 Å². The van der Waals surface area contributed by atoms with Gasteiger partial charge in [0.2, 0.25) is 0 Å². The van der Waals surface area contributed by atoms with Crippen molar-refractivity contribution in [3.8, 4) is 0 Å². The van der Waals surface area contributed by atoms with Crippen LogP contribution in [0.15, 0.2) is 41.3 Å². The number of hydrogen-bond donors (Lipinski definition) is 1. The van der Waals surface area contributed by atoms with E-state index in [4.69, 9.17) is 4.74 Å². The van der Waals surface area contributed by atoms with Gasteiger partial charge >= 0.3 is 5.97 Å². The molecule has 1 amide bonds. The number of nitro benzene ring substituents is 1. The molecule has 0 aliphatic carbocycles. The van der Waals surface area contributed by atoms with Gasteiger partial charge in [-0.2, -0.15) is 0 Å². The molecule has 0 aromatic heterocycles. The van der Waals surface area contributed by atoms with E-state index in [0.717, 1.165) is 5.56 Å². The minimum absolute atomic E-state index is 0.0658. The molecule has 9 heteroatoms. The second kappa shape index (κ2) is 8.54. The molecule has 0 radical (unpaired) electrons. The average Bonchev–Trinajstić information content (AvgIpc) is 2.63. The predicted molar refractivity (Wildman–Crippen MR) is 100 cm³/mol. The third-order valence-electron chi connectivity index (χ3n) is 3.93. The summed E-state index contributed by atoms with van der Waals surface area (Å²) in [5.74, 6) is -1.51. The molecule has 2 rings (SSSR count). The Labute approximate surface area is 158 Å². The van der Waals surface area contributed by atoms with Gasteiger partial charge in [-0.1, -0.05) is 18.2 Å². The van der Waals surface area contributed by atoms with Crippen LogP contribution in [-0.4, -0.2) is 33.9 Å². The summed E-state index contributed by atoms with van der Waals surface area (Å²) in [5.41, 5.74) is 1.24. The summed E-state index contributed by atoms with van der Waals surface area (Å²) in [5, 5.41) is 13.6. The Morgan fingerprint density at radius 1 is 1.19 bits per heavy atom. The molecule has 0 aliphatic heterocycles. The summed E-state index contributed by atoms with van der Waals surface area (Å²) >= 11 is 0. The first kappa shape index (κ1) is 20.2. The predicted octanol–water partition coefficient (Wildman–Crippen LogP) is 2.74. The standard InChI is InChI=1S/C18H18N2O6S/c1-11-8-9-14(20(23)24)17(12(11)2)19-16(21)10-26-18(22)13-6-4-5-7-15(13)27(3)25/h4-9H,10H2,1-3H3,(H,19,21)/t27-/m1/s1. The summed E-state index contributed by atoms with van der Waals surface area (Å²) in [7, 11) is -1.40.